The maximum absolute atomic E-state index is 12.1. The van der Waals surface area contributed by atoms with Gasteiger partial charge in [0, 0.05) is 46.9 Å². The minimum atomic E-state index is 0.0723. The van der Waals surface area contributed by atoms with Gasteiger partial charge in [-0.15, -0.1) is 0 Å². The van der Waals surface area contributed by atoms with Gasteiger partial charge in [-0.2, -0.15) is 0 Å². The minimum absolute atomic E-state index is 0.0723. The first kappa shape index (κ1) is 92.6. The Bertz CT molecular complexity index is 2410. The van der Waals surface area contributed by atoms with Gasteiger partial charge in [0.1, 0.15) is 11.5 Å². The van der Waals surface area contributed by atoms with E-state index in [1.54, 1.807) is 13.8 Å². The van der Waals surface area contributed by atoms with Gasteiger partial charge in [-0.25, -0.2) is 0 Å². The van der Waals surface area contributed by atoms with Crippen molar-refractivity contribution in [1.29, 1.82) is 0 Å². The molecule has 0 spiro atoms. The van der Waals surface area contributed by atoms with Crippen molar-refractivity contribution in [3.05, 3.63) is 82.9 Å². The molecule has 0 radical (unpaired) electrons. The summed E-state index contributed by atoms with van der Waals surface area (Å²) < 4.78 is 14.4. The summed E-state index contributed by atoms with van der Waals surface area (Å²) in [7, 11) is 0. The van der Waals surface area contributed by atoms with Crippen molar-refractivity contribution >= 4 is 33.8 Å². The Morgan fingerprint density at radius 1 is 0.275 bits per heavy atom. The predicted octanol–water partition coefficient (Wildman–Crippen LogP) is 30.3. The number of rotatable bonds is 58. The summed E-state index contributed by atoms with van der Waals surface area (Å²) in [6.45, 7) is 42.7. The fraction of sp³-hybridized carbons (Fsp3) is 0.750. The van der Waals surface area contributed by atoms with E-state index in [1.807, 2.05) is 48.5 Å². The summed E-state index contributed by atoms with van der Waals surface area (Å²) >= 11 is 2.51. The molecule has 0 aliphatic rings. The first-order chi connectivity index (χ1) is 48.8. The SMILES string of the molecule is CC(=O)Sc1ccc(C#Cc2cc(OCCC(CCCC(CCCC(C)C)CCCC(C)C)CCCC(CCCC(C)C)CCCC(C)C)c(C#Cc3ccc(SC(C)=O)cc3)cc2OCCC(CCCC(CCCC(C)C)CCCC(C)C)CCCC(CCCC(C)C)CCCC(C)C)cc1. The molecule has 0 aliphatic carbocycles. The van der Waals surface area contributed by atoms with E-state index < -0.39 is 0 Å². The van der Waals surface area contributed by atoms with E-state index in [0.717, 1.165) is 127 Å². The Morgan fingerprint density at radius 3 is 0.647 bits per heavy atom. The lowest BCUT2D eigenvalue weighted by Gasteiger charge is -2.23. The van der Waals surface area contributed by atoms with E-state index in [-0.39, 0.29) is 10.2 Å². The molecule has 0 N–H and O–H groups in total. The fourth-order valence-corrected chi connectivity index (χ4v) is 16.6. The number of hydrogen-bond acceptors (Lipinski definition) is 6. The van der Waals surface area contributed by atoms with E-state index in [0.29, 0.717) is 25.0 Å². The minimum Gasteiger partial charge on any atom is -0.492 e. The monoisotopic (exact) mass is 1440 g/mol. The summed E-state index contributed by atoms with van der Waals surface area (Å²) in [5.74, 6) is 26.4. The lowest BCUT2D eigenvalue weighted by Crippen LogP contribution is -2.12. The first-order valence-corrected chi connectivity index (χ1v) is 44.5. The average Bonchev–Trinajstić information content (AvgIpc) is 0.821. The molecule has 6 heteroatoms. The third-order valence-corrected chi connectivity index (χ3v) is 23.2. The maximum Gasteiger partial charge on any atom is 0.190 e. The van der Waals surface area contributed by atoms with Gasteiger partial charge in [0.25, 0.3) is 0 Å². The van der Waals surface area contributed by atoms with Crippen molar-refractivity contribution < 1.29 is 19.1 Å². The van der Waals surface area contributed by atoms with Crippen LogP contribution in [-0.4, -0.2) is 23.4 Å². The second-order valence-electron chi connectivity index (χ2n) is 35.4. The molecule has 4 nitrogen and oxygen atoms in total. The normalized spacial score (nSPS) is 12.1. The Morgan fingerprint density at radius 2 is 0.461 bits per heavy atom. The summed E-state index contributed by atoms with van der Waals surface area (Å²) in [5, 5.41) is 0.145. The molecule has 0 bridgehead atoms. The Kier molecular flexibility index (Phi) is 51.5. The molecule has 578 valence electrons. The molecule has 0 heterocycles. The van der Waals surface area contributed by atoms with Crippen molar-refractivity contribution in [2.45, 2.75) is 378 Å². The highest BCUT2D eigenvalue weighted by atomic mass is 32.2. The number of carbonyl (C=O) groups is 2. The third kappa shape index (κ3) is 48.6. The highest BCUT2D eigenvalue weighted by Crippen LogP contribution is 2.36. The molecule has 102 heavy (non-hydrogen) atoms. The largest absolute Gasteiger partial charge is 0.492 e. The zero-order valence-electron chi connectivity index (χ0n) is 69.6. The molecule has 3 aromatic carbocycles. The molecular formula is C96H158O4S2. The summed E-state index contributed by atoms with van der Waals surface area (Å²) in [6, 6.07) is 20.4. The van der Waals surface area contributed by atoms with Crippen LogP contribution in [0.15, 0.2) is 70.5 Å². The summed E-state index contributed by atoms with van der Waals surface area (Å²) in [4.78, 5) is 26.1. The molecule has 0 aromatic heterocycles. The van der Waals surface area contributed by atoms with Gasteiger partial charge in [0.05, 0.1) is 24.3 Å². The zero-order chi connectivity index (χ0) is 74.9. The van der Waals surface area contributed by atoms with Crippen LogP contribution in [0.1, 0.15) is 391 Å². The smallest absolute Gasteiger partial charge is 0.190 e. The Balaban J connectivity index is 2.17. The van der Waals surface area contributed by atoms with Gasteiger partial charge in [-0.3, -0.25) is 9.59 Å². The van der Waals surface area contributed by atoms with Crippen molar-refractivity contribution in [1.82, 2.24) is 0 Å². The average molecular weight is 1440 g/mol. The molecular weight excluding hydrogens is 1280 g/mol. The molecule has 0 atom stereocenters. The van der Waals surface area contributed by atoms with Gasteiger partial charge < -0.3 is 9.47 Å². The lowest BCUT2D eigenvalue weighted by atomic mass is 9.84. The van der Waals surface area contributed by atoms with Gasteiger partial charge in [0.15, 0.2) is 10.2 Å². The van der Waals surface area contributed by atoms with Crippen molar-refractivity contribution in [2.24, 2.45) is 82.9 Å². The molecule has 3 rings (SSSR count). The highest BCUT2D eigenvalue weighted by molar-refractivity contribution is 8.13. The van der Waals surface area contributed by atoms with E-state index in [1.165, 1.54) is 255 Å². The molecule has 0 saturated carbocycles. The van der Waals surface area contributed by atoms with Crippen LogP contribution in [0.25, 0.3) is 0 Å². The van der Waals surface area contributed by atoms with Crippen LogP contribution >= 0.6 is 23.5 Å². The topological polar surface area (TPSA) is 52.6 Å². The predicted molar refractivity (Wildman–Crippen MR) is 450 cm³/mol. The van der Waals surface area contributed by atoms with Gasteiger partial charge in [0.2, 0.25) is 0 Å². The van der Waals surface area contributed by atoms with E-state index in [4.69, 9.17) is 9.47 Å². The summed E-state index contributed by atoms with van der Waals surface area (Å²) in [5.41, 5.74) is 3.40. The van der Waals surface area contributed by atoms with Crippen LogP contribution in [-0.2, 0) is 9.59 Å². The van der Waals surface area contributed by atoms with Crippen LogP contribution in [0.3, 0.4) is 0 Å². The van der Waals surface area contributed by atoms with Gasteiger partial charge >= 0.3 is 0 Å². The highest BCUT2D eigenvalue weighted by Gasteiger charge is 2.21. The van der Waals surface area contributed by atoms with Crippen LogP contribution in [0.4, 0.5) is 0 Å². The lowest BCUT2D eigenvalue weighted by molar-refractivity contribution is -0.109. The number of benzene rings is 3. The number of thioether (sulfide) groups is 2. The standard InChI is InChI=1S/C96H158O4S2/c1-73(2)31-19-39-83(40-20-32-74(3)4)47-27-51-87(52-28-48-84(41-21-33-75(5)6)42-22-34-76(7)8)67-69-99-95-71-92(62-56-90-59-65-94(66-60-90)102-82(18)98)96(72-91(95)61-55-89-57-63-93(64-58-89)101-81(17)97)100-70-68-88(53-29-49-85(43-23-35-77(9)10)44-24-36-78(11)12)54-30-50-86(45-25-37-79(13)14)46-26-38-80(15)16/h57-60,63-66,71-80,83-88H,19-54,67-70H2,1-18H3. The van der Waals surface area contributed by atoms with Crippen LogP contribution < -0.4 is 9.47 Å². The zero-order valence-corrected chi connectivity index (χ0v) is 71.2. The Labute approximate surface area is 641 Å². The maximum atomic E-state index is 12.1. The van der Waals surface area contributed by atoms with E-state index in [9.17, 15) is 9.59 Å². The van der Waals surface area contributed by atoms with Crippen LogP contribution in [0, 0.1) is 107 Å². The second kappa shape index (κ2) is 56.7. The molecule has 0 saturated heterocycles. The quantitative estimate of drug-likeness (QED) is 0.0415. The summed E-state index contributed by atoms with van der Waals surface area (Å²) in [6.07, 6.45) is 50.0. The number of ether oxygens (including phenoxy) is 2. The van der Waals surface area contributed by atoms with Crippen molar-refractivity contribution in [3.8, 4) is 35.2 Å². The van der Waals surface area contributed by atoms with E-state index in [2.05, 4.69) is 147 Å². The molecule has 3 aromatic rings. The van der Waals surface area contributed by atoms with Crippen LogP contribution in [0.2, 0.25) is 0 Å². The van der Waals surface area contributed by atoms with Gasteiger partial charge in [-0.1, -0.05) is 389 Å². The van der Waals surface area contributed by atoms with E-state index >= 15 is 0 Å². The van der Waals surface area contributed by atoms with Crippen LogP contribution in [0.5, 0.6) is 11.5 Å². The number of carbonyl (C=O) groups excluding carboxylic acids is 2. The third-order valence-electron chi connectivity index (χ3n) is 21.6. The molecule has 0 aliphatic heterocycles. The molecule has 0 amide bonds. The molecule has 0 fully saturated rings. The number of hydrogen-bond donors (Lipinski definition) is 0. The van der Waals surface area contributed by atoms with Crippen molar-refractivity contribution in [2.75, 3.05) is 13.2 Å². The van der Waals surface area contributed by atoms with Gasteiger partial charge in [-0.05, 0) is 144 Å². The fourth-order valence-electron chi connectivity index (χ4n) is 15.4. The molecule has 0 unspecified atom stereocenters. The van der Waals surface area contributed by atoms with Crippen molar-refractivity contribution in [3.63, 3.8) is 0 Å². The Hall–Kier alpha value is -3.58. The second-order valence-corrected chi connectivity index (χ2v) is 37.9. The first-order valence-electron chi connectivity index (χ1n) is 42.9.